The van der Waals surface area contributed by atoms with Gasteiger partial charge in [-0.25, -0.2) is 14.6 Å². The molecule has 0 atom stereocenters. The van der Waals surface area contributed by atoms with Gasteiger partial charge in [0.25, 0.3) is 11.8 Å². The van der Waals surface area contributed by atoms with Crippen LogP contribution in [0.2, 0.25) is 0 Å². The van der Waals surface area contributed by atoms with E-state index in [9.17, 15) is 18.8 Å². The number of nitrogens with one attached hydrogen (secondary N) is 2. The lowest BCUT2D eigenvalue weighted by Gasteiger charge is -2.11. The first-order chi connectivity index (χ1) is 17.4. The molecule has 8 heteroatoms. The Bertz CT molecular complexity index is 1450. The maximum absolute atomic E-state index is 13.0. The van der Waals surface area contributed by atoms with Gasteiger partial charge >= 0.3 is 5.97 Å². The van der Waals surface area contributed by atoms with Crippen molar-refractivity contribution in [2.75, 3.05) is 6.54 Å². The minimum Gasteiger partial charge on any atom is -0.422 e. The summed E-state index contributed by atoms with van der Waals surface area (Å²) in [5, 5.41) is 8.10. The van der Waals surface area contributed by atoms with E-state index in [2.05, 4.69) is 15.8 Å². The number of halogens is 1. The zero-order valence-corrected chi connectivity index (χ0v) is 19.3. The molecule has 0 heterocycles. The molecular weight excluding hydrogens is 461 g/mol. The van der Waals surface area contributed by atoms with E-state index in [1.165, 1.54) is 18.3 Å². The number of hydrogen-bond acceptors (Lipinski definition) is 5. The van der Waals surface area contributed by atoms with Crippen molar-refractivity contribution in [1.82, 2.24) is 10.7 Å². The van der Waals surface area contributed by atoms with Gasteiger partial charge in [-0.3, -0.25) is 9.59 Å². The number of hydrazone groups is 1. The molecule has 0 aliphatic heterocycles. The molecule has 2 amide bonds. The Morgan fingerprint density at radius 2 is 1.58 bits per heavy atom. The first-order valence-electron chi connectivity index (χ1n) is 11.1. The predicted octanol–water partition coefficient (Wildman–Crippen LogP) is 4.39. The van der Waals surface area contributed by atoms with Crippen molar-refractivity contribution in [2.24, 2.45) is 5.10 Å². The molecule has 0 bridgehead atoms. The van der Waals surface area contributed by atoms with Crippen molar-refractivity contribution in [3.8, 4) is 5.75 Å². The molecule has 0 saturated carbocycles. The van der Waals surface area contributed by atoms with Crippen molar-refractivity contribution < 1.29 is 23.5 Å². The highest BCUT2D eigenvalue weighted by molar-refractivity contribution is 6.04. The molecule has 4 rings (SSSR count). The van der Waals surface area contributed by atoms with Gasteiger partial charge in [0.15, 0.2) is 0 Å². The number of carbonyl (C=O) groups excluding carboxylic acids is 3. The molecule has 2 N–H and O–H groups in total. The Morgan fingerprint density at radius 3 is 2.33 bits per heavy atom. The van der Waals surface area contributed by atoms with Crippen molar-refractivity contribution in [3.63, 3.8) is 0 Å². The number of amides is 2. The fourth-order valence-electron chi connectivity index (χ4n) is 3.42. The van der Waals surface area contributed by atoms with E-state index in [1.54, 1.807) is 18.2 Å². The van der Waals surface area contributed by atoms with Crippen molar-refractivity contribution in [2.45, 2.75) is 6.92 Å². The lowest BCUT2D eigenvalue weighted by atomic mass is 10.0. The van der Waals surface area contributed by atoms with Crippen LogP contribution in [-0.2, 0) is 4.79 Å². The van der Waals surface area contributed by atoms with Crippen molar-refractivity contribution in [3.05, 3.63) is 113 Å². The Labute approximate surface area is 206 Å². The number of esters is 1. The Balaban J connectivity index is 1.46. The van der Waals surface area contributed by atoms with Crippen LogP contribution in [0, 0.1) is 12.7 Å². The predicted molar refractivity (Wildman–Crippen MR) is 135 cm³/mol. The molecule has 0 fully saturated rings. The van der Waals surface area contributed by atoms with Crippen LogP contribution < -0.4 is 15.5 Å². The highest BCUT2D eigenvalue weighted by Gasteiger charge is 2.14. The lowest BCUT2D eigenvalue weighted by Crippen LogP contribution is -2.34. The minimum atomic E-state index is -0.569. The number of carbonyl (C=O) groups is 3. The fraction of sp³-hybridized carbons (Fsp3) is 0.0714. The highest BCUT2D eigenvalue weighted by atomic mass is 19.1. The molecule has 4 aromatic carbocycles. The minimum absolute atomic E-state index is 0.225. The van der Waals surface area contributed by atoms with Crippen LogP contribution in [0.3, 0.4) is 0 Å². The van der Waals surface area contributed by atoms with Crippen LogP contribution >= 0.6 is 0 Å². The van der Waals surface area contributed by atoms with Gasteiger partial charge in [-0.1, -0.05) is 48.0 Å². The molecule has 0 radical (unpaired) electrons. The highest BCUT2D eigenvalue weighted by Crippen LogP contribution is 2.27. The van der Waals surface area contributed by atoms with Gasteiger partial charge in [0, 0.05) is 11.1 Å². The van der Waals surface area contributed by atoms with Gasteiger partial charge in [0.05, 0.1) is 18.3 Å². The van der Waals surface area contributed by atoms with Crippen molar-refractivity contribution in [1.29, 1.82) is 0 Å². The van der Waals surface area contributed by atoms with Crippen LogP contribution in [0.5, 0.6) is 5.75 Å². The lowest BCUT2D eigenvalue weighted by molar-refractivity contribution is -0.120. The summed E-state index contributed by atoms with van der Waals surface area (Å²) in [7, 11) is 0. The molecule has 180 valence electrons. The summed E-state index contributed by atoms with van der Waals surface area (Å²) in [4.78, 5) is 36.9. The Hall–Kier alpha value is -4.85. The topological polar surface area (TPSA) is 96.9 Å². The van der Waals surface area contributed by atoms with E-state index < -0.39 is 23.6 Å². The van der Waals surface area contributed by atoms with Gasteiger partial charge in [-0.15, -0.1) is 0 Å². The summed E-state index contributed by atoms with van der Waals surface area (Å²) in [6, 6.07) is 23.0. The summed E-state index contributed by atoms with van der Waals surface area (Å²) in [6.07, 6.45) is 1.39. The molecule has 0 unspecified atom stereocenters. The maximum atomic E-state index is 13.0. The van der Waals surface area contributed by atoms with E-state index in [4.69, 9.17) is 4.74 Å². The molecule has 0 aliphatic carbocycles. The summed E-state index contributed by atoms with van der Waals surface area (Å²) in [5.41, 5.74) is 4.50. The Kier molecular flexibility index (Phi) is 7.45. The summed E-state index contributed by atoms with van der Waals surface area (Å²) < 4.78 is 18.6. The van der Waals surface area contributed by atoms with Gasteiger partial charge < -0.3 is 10.1 Å². The third kappa shape index (κ3) is 5.98. The SMILES string of the molecule is Cc1ccc(C(=O)Oc2ccc3ccccc3c2/C=N\NC(=O)CNC(=O)c2ccc(F)cc2)cc1. The van der Waals surface area contributed by atoms with Gasteiger partial charge in [-0.05, 0) is 60.2 Å². The molecule has 0 aliphatic rings. The third-order valence-electron chi connectivity index (χ3n) is 5.32. The van der Waals surface area contributed by atoms with Crippen LogP contribution in [0.25, 0.3) is 10.8 Å². The zero-order chi connectivity index (χ0) is 25.5. The molecule has 0 spiro atoms. The molecule has 0 aromatic heterocycles. The third-order valence-corrected chi connectivity index (χ3v) is 5.32. The zero-order valence-electron chi connectivity index (χ0n) is 19.3. The van der Waals surface area contributed by atoms with Crippen LogP contribution in [0.4, 0.5) is 4.39 Å². The second kappa shape index (κ2) is 11.1. The van der Waals surface area contributed by atoms with Gasteiger partial charge in [-0.2, -0.15) is 5.10 Å². The monoisotopic (exact) mass is 483 g/mol. The van der Waals surface area contributed by atoms with Crippen LogP contribution in [0.15, 0.2) is 90.0 Å². The standard InChI is InChI=1S/C28H22FN3O4/c1-18-6-8-21(9-7-18)28(35)36-25-15-12-19-4-2-3-5-23(19)24(25)16-31-32-26(33)17-30-27(34)20-10-13-22(29)14-11-20/h2-16H,17H2,1H3,(H,30,34)(H,32,33)/b31-16-. The normalized spacial score (nSPS) is 10.8. The number of fused-ring (bicyclic) bond motifs is 1. The number of benzene rings is 4. The molecular formula is C28H22FN3O4. The first kappa shape index (κ1) is 24.3. The maximum Gasteiger partial charge on any atom is 0.343 e. The van der Waals surface area contributed by atoms with Gasteiger partial charge in [0.1, 0.15) is 11.6 Å². The molecule has 7 nitrogen and oxygen atoms in total. The second-order valence-electron chi connectivity index (χ2n) is 7.94. The molecule has 0 saturated heterocycles. The smallest absolute Gasteiger partial charge is 0.343 e. The summed E-state index contributed by atoms with van der Waals surface area (Å²) in [6.45, 7) is 1.59. The average molecular weight is 483 g/mol. The number of rotatable bonds is 7. The summed E-state index contributed by atoms with van der Waals surface area (Å²) >= 11 is 0. The number of ether oxygens (including phenoxy) is 1. The molecule has 36 heavy (non-hydrogen) atoms. The number of aryl methyl sites for hydroxylation is 1. The van der Waals surface area contributed by atoms with Crippen molar-refractivity contribution >= 4 is 34.8 Å². The summed E-state index contributed by atoms with van der Waals surface area (Å²) in [5.74, 6) is -1.79. The van der Waals surface area contributed by atoms with E-state index in [0.29, 0.717) is 11.1 Å². The first-order valence-corrected chi connectivity index (χ1v) is 11.1. The number of nitrogens with zero attached hydrogens (tertiary/aromatic N) is 1. The van der Waals surface area contributed by atoms with E-state index in [1.807, 2.05) is 49.4 Å². The quantitative estimate of drug-likeness (QED) is 0.176. The van der Waals surface area contributed by atoms with Crippen LogP contribution in [0.1, 0.15) is 31.8 Å². The fourth-order valence-corrected chi connectivity index (χ4v) is 3.42. The number of hydrogen-bond donors (Lipinski definition) is 2. The van der Waals surface area contributed by atoms with E-state index >= 15 is 0 Å². The van der Waals surface area contributed by atoms with Gasteiger partial charge in [0.2, 0.25) is 0 Å². The largest absolute Gasteiger partial charge is 0.422 e. The second-order valence-corrected chi connectivity index (χ2v) is 7.94. The molecule has 4 aromatic rings. The van der Waals surface area contributed by atoms with Crippen LogP contribution in [-0.4, -0.2) is 30.5 Å². The van der Waals surface area contributed by atoms with E-state index in [0.717, 1.165) is 28.5 Å². The average Bonchev–Trinajstić information content (AvgIpc) is 2.89. The Morgan fingerprint density at radius 1 is 0.889 bits per heavy atom. The van der Waals surface area contributed by atoms with E-state index in [-0.39, 0.29) is 17.9 Å².